The van der Waals surface area contributed by atoms with Crippen LogP contribution in [0.25, 0.3) is 0 Å². The first-order chi connectivity index (χ1) is 3.72. The van der Waals surface area contributed by atoms with E-state index in [-0.39, 0.29) is 5.91 Å². The molecular formula is C5H8INO. The zero-order chi connectivity index (χ0) is 6.57. The Labute approximate surface area is 63.0 Å². The summed E-state index contributed by atoms with van der Waals surface area (Å²) in [7, 11) is 0. The summed E-state index contributed by atoms with van der Waals surface area (Å²) in [5, 5.41) is 0. The number of carbonyl (C=O) groups is 1. The maximum atomic E-state index is 10.5. The Balaban J connectivity index is 3.62. The second-order valence-electron chi connectivity index (χ2n) is 1.22. The van der Waals surface area contributed by atoms with Gasteiger partial charge >= 0.3 is 0 Å². The molecule has 2 nitrogen and oxygen atoms in total. The average molecular weight is 225 g/mol. The fourth-order valence-corrected chi connectivity index (χ4v) is 0.452. The molecule has 0 aromatic rings. The molecule has 0 atom stereocenters. The predicted octanol–water partition coefficient (Wildman–Crippen LogP) is 1.37. The minimum atomic E-state index is -0.0342. The van der Waals surface area contributed by atoms with Gasteiger partial charge in [-0.15, -0.1) is 0 Å². The molecule has 0 unspecified atom stereocenters. The van der Waals surface area contributed by atoms with E-state index >= 15 is 0 Å². The number of hydrogen-bond acceptors (Lipinski definition) is 1. The largest absolute Gasteiger partial charge is 0.282 e. The summed E-state index contributed by atoms with van der Waals surface area (Å²) in [4.78, 5) is 10.5. The lowest BCUT2D eigenvalue weighted by atomic mass is 10.6. The third-order valence-corrected chi connectivity index (χ3v) is 1.85. The Bertz CT molecular complexity index is 103. The summed E-state index contributed by atoms with van der Waals surface area (Å²) in [6, 6.07) is 0. The van der Waals surface area contributed by atoms with Crippen molar-refractivity contribution in [1.29, 1.82) is 0 Å². The number of rotatable bonds is 2. The van der Waals surface area contributed by atoms with Crippen LogP contribution in [0.15, 0.2) is 12.7 Å². The van der Waals surface area contributed by atoms with Gasteiger partial charge in [-0.25, -0.2) is 0 Å². The van der Waals surface area contributed by atoms with Gasteiger partial charge in [0.05, 0.1) is 22.9 Å². The third-order valence-electron chi connectivity index (χ3n) is 0.691. The van der Waals surface area contributed by atoms with Crippen LogP contribution in [0.4, 0.5) is 0 Å². The van der Waals surface area contributed by atoms with Crippen LogP contribution in [-0.2, 0) is 4.79 Å². The number of likely N-dealkylation sites (N-methyl/N-ethyl adjacent to an activating group) is 1. The van der Waals surface area contributed by atoms with Gasteiger partial charge in [0, 0.05) is 6.54 Å². The minimum Gasteiger partial charge on any atom is -0.282 e. The van der Waals surface area contributed by atoms with Crippen molar-refractivity contribution < 1.29 is 4.79 Å². The second-order valence-corrected chi connectivity index (χ2v) is 2.39. The van der Waals surface area contributed by atoms with E-state index in [1.54, 1.807) is 3.11 Å². The fraction of sp³-hybridized carbons (Fsp3) is 0.400. The molecule has 0 aliphatic carbocycles. The average Bonchev–Trinajstić information content (AvgIpc) is 1.84. The van der Waals surface area contributed by atoms with Crippen LogP contribution >= 0.6 is 22.9 Å². The van der Waals surface area contributed by atoms with Gasteiger partial charge in [-0.1, -0.05) is 6.58 Å². The minimum absolute atomic E-state index is 0.0342. The molecule has 0 rings (SSSR count). The predicted molar refractivity (Wildman–Crippen MR) is 41.6 cm³/mol. The van der Waals surface area contributed by atoms with Crippen molar-refractivity contribution in [2.75, 3.05) is 6.54 Å². The number of nitrogens with zero attached hydrogens (tertiary/aromatic N) is 1. The molecule has 3 heteroatoms. The first kappa shape index (κ1) is 7.94. The fourth-order valence-electron chi connectivity index (χ4n) is 0.255. The lowest BCUT2D eigenvalue weighted by Gasteiger charge is -2.06. The molecule has 0 radical (unpaired) electrons. The first-order valence-electron chi connectivity index (χ1n) is 2.32. The lowest BCUT2D eigenvalue weighted by Crippen LogP contribution is -2.16. The molecule has 0 fully saturated rings. The van der Waals surface area contributed by atoms with Gasteiger partial charge in [-0.3, -0.25) is 7.91 Å². The molecule has 0 heterocycles. The zero-order valence-electron chi connectivity index (χ0n) is 4.72. The van der Waals surface area contributed by atoms with Gasteiger partial charge in [0.1, 0.15) is 0 Å². The number of halogens is 1. The van der Waals surface area contributed by atoms with Crippen LogP contribution < -0.4 is 0 Å². The van der Waals surface area contributed by atoms with Gasteiger partial charge in [0.2, 0.25) is 0 Å². The number of hydrogen-bond donors (Lipinski definition) is 0. The summed E-state index contributed by atoms with van der Waals surface area (Å²) < 4.78 is 1.56. The van der Waals surface area contributed by atoms with Crippen molar-refractivity contribution in [3.8, 4) is 0 Å². The molecular weight excluding hydrogens is 217 g/mol. The standard InChI is InChI=1S/C5H8INO/c1-3-5(8)7(6)4-2/h3H,1,4H2,2H3. The highest BCUT2D eigenvalue weighted by atomic mass is 127. The van der Waals surface area contributed by atoms with Crippen molar-refractivity contribution in [3.05, 3.63) is 12.7 Å². The summed E-state index contributed by atoms with van der Waals surface area (Å²) >= 11 is 1.94. The highest BCUT2D eigenvalue weighted by molar-refractivity contribution is 14.1. The Morgan fingerprint density at radius 1 is 2.00 bits per heavy atom. The Hall–Kier alpha value is -0.0600. The summed E-state index contributed by atoms with van der Waals surface area (Å²) in [6.07, 6.45) is 1.30. The quantitative estimate of drug-likeness (QED) is 0.395. The summed E-state index contributed by atoms with van der Waals surface area (Å²) in [5.74, 6) is -0.0342. The van der Waals surface area contributed by atoms with E-state index in [0.717, 1.165) is 6.54 Å². The van der Waals surface area contributed by atoms with Gasteiger partial charge in [0.25, 0.3) is 5.91 Å². The molecule has 0 N–H and O–H groups in total. The Morgan fingerprint density at radius 2 is 2.50 bits per heavy atom. The highest BCUT2D eigenvalue weighted by Gasteiger charge is 1.99. The Kier molecular flexibility index (Phi) is 3.85. The summed E-state index contributed by atoms with van der Waals surface area (Å²) in [6.45, 7) is 5.97. The van der Waals surface area contributed by atoms with E-state index in [1.807, 2.05) is 29.8 Å². The highest BCUT2D eigenvalue weighted by Crippen LogP contribution is 1.97. The van der Waals surface area contributed by atoms with E-state index in [1.165, 1.54) is 6.08 Å². The van der Waals surface area contributed by atoms with E-state index < -0.39 is 0 Å². The van der Waals surface area contributed by atoms with E-state index in [9.17, 15) is 4.79 Å². The lowest BCUT2D eigenvalue weighted by molar-refractivity contribution is -0.120. The van der Waals surface area contributed by atoms with Crippen LogP contribution in [0, 0.1) is 0 Å². The van der Waals surface area contributed by atoms with Crippen LogP contribution in [0.3, 0.4) is 0 Å². The SMILES string of the molecule is C=CC(=O)N(I)CC. The monoisotopic (exact) mass is 225 g/mol. The molecule has 0 aliphatic rings. The van der Waals surface area contributed by atoms with Crippen LogP contribution in [0.2, 0.25) is 0 Å². The molecule has 0 spiro atoms. The maximum absolute atomic E-state index is 10.5. The molecule has 8 heavy (non-hydrogen) atoms. The number of amides is 1. The summed E-state index contributed by atoms with van der Waals surface area (Å²) in [5.41, 5.74) is 0. The van der Waals surface area contributed by atoms with Crippen molar-refractivity contribution in [3.63, 3.8) is 0 Å². The van der Waals surface area contributed by atoms with Crippen LogP contribution in [0.1, 0.15) is 6.92 Å². The zero-order valence-corrected chi connectivity index (χ0v) is 6.88. The smallest absolute Gasteiger partial charge is 0.254 e. The second kappa shape index (κ2) is 3.88. The van der Waals surface area contributed by atoms with Gasteiger partial charge < -0.3 is 0 Å². The van der Waals surface area contributed by atoms with E-state index in [0.29, 0.717) is 0 Å². The van der Waals surface area contributed by atoms with Crippen LogP contribution in [-0.4, -0.2) is 15.6 Å². The van der Waals surface area contributed by atoms with Crippen molar-refractivity contribution in [1.82, 2.24) is 3.11 Å². The van der Waals surface area contributed by atoms with Crippen molar-refractivity contribution in [2.45, 2.75) is 6.92 Å². The molecule has 0 saturated carbocycles. The molecule has 0 aliphatic heterocycles. The topological polar surface area (TPSA) is 20.3 Å². The van der Waals surface area contributed by atoms with Gasteiger partial charge in [0.15, 0.2) is 0 Å². The first-order valence-corrected chi connectivity index (χ1v) is 3.28. The Morgan fingerprint density at radius 3 is 2.62 bits per heavy atom. The molecule has 46 valence electrons. The van der Waals surface area contributed by atoms with Gasteiger partial charge in [-0.05, 0) is 13.0 Å². The molecule has 1 amide bonds. The molecule has 0 bridgehead atoms. The van der Waals surface area contributed by atoms with Gasteiger partial charge in [-0.2, -0.15) is 0 Å². The normalized spacial score (nSPS) is 8.25. The van der Waals surface area contributed by atoms with E-state index in [4.69, 9.17) is 0 Å². The molecule has 0 aromatic heterocycles. The van der Waals surface area contributed by atoms with Crippen molar-refractivity contribution in [2.24, 2.45) is 0 Å². The van der Waals surface area contributed by atoms with E-state index in [2.05, 4.69) is 6.58 Å². The maximum Gasteiger partial charge on any atom is 0.254 e. The molecule has 0 saturated heterocycles. The van der Waals surface area contributed by atoms with Crippen LogP contribution in [0.5, 0.6) is 0 Å². The molecule has 0 aromatic carbocycles. The van der Waals surface area contributed by atoms with Crippen molar-refractivity contribution >= 4 is 28.8 Å². The number of carbonyl (C=O) groups excluding carboxylic acids is 1. The third kappa shape index (κ3) is 2.30.